The van der Waals surface area contributed by atoms with Gasteiger partial charge in [-0.2, -0.15) is 9.78 Å². The van der Waals surface area contributed by atoms with Crippen molar-refractivity contribution >= 4 is 56.2 Å². The minimum absolute atomic E-state index is 0.114. The van der Waals surface area contributed by atoms with Gasteiger partial charge in [-0.25, -0.2) is 9.37 Å². The summed E-state index contributed by atoms with van der Waals surface area (Å²) >= 11 is 16.4. The molecule has 3 aromatic carbocycles. The third-order valence-corrected chi connectivity index (χ3v) is 7.47. The first kappa shape index (κ1) is 25.9. The van der Waals surface area contributed by atoms with Gasteiger partial charge >= 0.3 is 0 Å². The van der Waals surface area contributed by atoms with Crippen molar-refractivity contribution in [2.45, 2.75) is 44.6 Å². The van der Waals surface area contributed by atoms with E-state index in [-0.39, 0.29) is 33.9 Å². The molecule has 0 N–H and O–H groups in total. The topological polar surface area (TPSA) is 56.5 Å². The summed E-state index contributed by atoms with van der Waals surface area (Å²) in [4.78, 5) is 18.3. The Balaban J connectivity index is 1.47. The Morgan fingerprint density at radius 3 is 2.57 bits per heavy atom. The fourth-order valence-electron chi connectivity index (χ4n) is 4.60. The van der Waals surface area contributed by atoms with Crippen LogP contribution in [0.5, 0.6) is 5.75 Å². The summed E-state index contributed by atoms with van der Waals surface area (Å²) in [6.45, 7) is 0.114. The second-order valence-electron chi connectivity index (χ2n) is 9.06. The Morgan fingerprint density at radius 2 is 1.84 bits per heavy atom. The molecule has 9 heteroatoms. The first-order valence-electron chi connectivity index (χ1n) is 12.0. The van der Waals surface area contributed by atoms with E-state index in [1.54, 1.807) is 36.5 Å². The number of rotatable bonds is 6. The predicted octanol–water partition coefficient (Wildman–Crippen LogP) is 8.11. The van der Waals surface area contributed by atoms with Crippen LogP contribution in [0.4, 0.5) is 4.39 Å². The van der Waals surface area contributed by atoms with E-state index < -0.39 is 0 Å². The molecule has 1 aromatic heterocycles. The van der Waals surface area contributed by atoms with Crippen molar-refractivity contribution in [2.75, 3.05) is 0 Å². The summed E-state index contributed by atoms with van der Waals surface area (Å²) in [5.41, 5.74) is 1.69. The van der Waals surface area contributed by atoms with E-state index in [0.717, 1.165) is 30.2 Å². The zero-order chi connectivity index (χ0) is 25.9. The Kier molecular flexibility index (Phi) is 7.93. The highest BCUT2D eigenvalue weighted by molar-refractivity contribution is 9.10. The van der Waals surface area contributed by atoms with Gasteiger partial charge in [-0.1, -0.05) is 70.5 Å². The minimum Gasteiger partial charge on any atom is -0.486 e. The molecule has 0 saturated heterocycles. The Hall–Kier alpha value is -2.74. The fourth-order valence-corrected chi connectivity index (χ4v) is 5.58. The molecule has 1 saturated carbocycles. The third kappa shape index (κ3) is 5.89. The largest absolute Gasteiger partial charge is 0.486 e. The van der Waals surface area contributed by atoms with Crippen molar-refractivity contribution in [2.24, 2.45) is 5.10 Å². The minimum atomic E-state index is -0.344. The molecule has 0 radical (unpaired) electrons. The van der Waals surface area contributed by atoms with Crippen LogP contribution in [0.1, 0.15) is 55.0 Å². The maximum absolute atomic E-state index is 13.5. The number of hydrogen-bond donors (Lipinski definition) is 0. The number of aromatic nitrogens is 2. The van der Waals surface area contributed by atoms with Crippen LogP contribution in [-0.4, -0.2) is 15.9 Å². The van der Waals surface area contributed by atoms with Gasteiger partial charge in [0.15, 0.2) is 5.75 Å². The van der Waals surface area contributed by atoms with Gasteiger partial charge in [0.1, 0.15) is 18.2 Å². The molecular weight excluding hydrogens is 580 g/mol. The monoisotopic (exact) mass is 601 g/mol. The smallest absolute Gasteiger partial charge is 0.282 e. The Bertz CT molecular complexity index is 1530. The maximum atomic E-state index is 13.5. The van der Waals surface area contributed by atoms with E-state index in [1.807, 2.05) is 12.1 Å². The van der Waals surface area contributed by atoms with Crippen molar-refractivity contribution in [3.63, 3.8) is 0 Å². The molecule has 0 unspecified atom stereocenters. The number of hydrogen-bond acceptors (Lipinski definition) is 4. The highest BCUT2D eigenvalue weighted by atomic mass is 79.9. The standard InChI is InChI=1S/C28H23BrCl2FN3O2/c29-20-9-10-25-22(14-20)28(36)35(27(34-25)19-6-2-1-3-7-19)33-15-18-12-23(30)26(24(31)13-18)37-16-17-5-4-8-21(32)11-17/h4-5,8-15,19H,1-3,6-7,16H2. The van der Waals surface area contributed by atoms with Crippen LogP contribution in [-0.2, 0) is 6.61 Å². The van der Waals surface area contributed by atoms with E-state index in [4.69, 9.17) is 32.9 Å². The first-order valence-corrected chi connectivity index (χ1v) is 13.6. The Labute approximate surface area is 232 Å². The molecule has 0 spiro atoms. The second-order valence-corrected chi connectivity index (χ2v) is 10.8. The van der Waals surface area contributed by atoms with E-state index >= 15 is 0 Å². The summed E-state index contributed by atoms with van der Waals surface area (Å²) in [7, 11) is 0. The summed E-state index contributed by atoms with van der Waals surface area (Å²) in [5, 5.41) is 5.60. The van der Waals surface area contributed by atoms with Gasteiger partial charge in [0.25, 0.3) is 5.56 Å². The zero-order valence-electron chi connectivity index (χ0n) is 19.8. The van der Waals surface area contributed by atoms with Crippen molar-refractivity contribution in [3.05, 3.63) is 102 Å². The SMILES string of the molecule is O=c1c2cc(Br)ccc2nc(C2CCCCC2)n1N=Cc1cc(Cl)c(OCc2cccc(F)c2)c(Cl)c1. The molecule has 0 aliphatic heterocycles. The quantitative estimate of drug-likeness (QED) is 0.209. The number of benzene rings is 3. The lowest BCUT2D eigenvalue weighted by molar-refractivity contribution is 0.306. The highest BCUT2D eigenvalue weighted by Gasteiger charge is 2.22. The van der Waals surface area contributed by atoms with Crippen molar-refractivity contribution < 1.29 is 9.13 Å². The Morgan fingerprint density at radius 1 is 1.08 bits per heavy atom. The predicted molar refractivity (Wildman–Crippen MR) is 150 cm³/mol. The van der Waals surface area contributed by atoms with Gasteiger partial charge in [-0.15, -0.1) is 0 Å². The molecule has 1 heterocycles. The second kappa shape index (κ2) is 11.3. The van der Waals surface area contributed by atoms with Crippen molar-refractivity contribution in [1.29, 1.82) is 0 Å². The molecule has 0 bridgehead atoms. The van der Waals surface area contributed by atoms with Gasteiger partial charge in [-0.05, 0) is 66.4 Å². The third-order valence-electron chi connectivity index (χ3n) is 6.42. The van der Waals surface area contributed by atoms with Gasteiger partial charge in [0.05, 0.1) is 27.2 Å². The van der Waals surface area contributed by atoms with Gasteiger partial charge in [0.2, 0.25) is 0 Å². The van der Waals surface area contributed by atoms with Crippen molar-refractivity contribution in [3.8, 4) is 5.75 Å². The van der Waals surface area contributed by atoms with E-state index in [2.05, 4.69) is 21.0 Å². The lowest BCUT2D eigenvalue weighted by atomic mass is 9.88. The number of nitrogens with zero attached hydrogens (tertiary/aromatic N) is 3. The molecular formula is C28H23BrCl2FN3O2. The molecule has 5 rings (SSSR count). The van der Waals surface area contributed by atoms with Gasteiger partial charge in [-0.3, -0.25) is 4.79 Å². The van der Waals surface area contributed by atoms with Crippen molar-refractivity contribution in [1.82, 2.24) is 9.66 Å². The molecule has 37 heavy (non-hydrogen) atoms. The van der Waals surface area contributed by atoms with Gasteiger partial charge < -0.3 is 4.74 Å². The highest BCUT2D eigenvalue weighted by Crippen LogP contribution is 2.35. The molecule has 1 fully saturated rings. The average Bonchev–Trinajstić information content (AvgIpc) is 2.88. The van der Waals surface area contributed by atoms with E-state index in [9.17, 15) is 9.18 Å². The zero-order valence-corrected chi connectivity index (χ0v) is 22.9. The van der Waals surface area contributed by atoms with Crippen LogP contribution in [0.25, 0.3) is 10.9 Å². The van der Waals surface area contributed by atoms with Crippen LogP contribution in [0, 0.1) is 5.82 Å². The molecule has 190 valence electrons. The molecule has 1 aliphatic rings. The molecule has 1 aliphatic carbocycles. The van der Waals surface area contributed by atoms with E-state index in [1.165, 1.54) is 23.2 Å². The van der Waals surface area contributed by atoms with Crippen LogP contribution in [0.3, 0.4) is 0 Å². The molecule has 0 amide bonds. The van der Waals surface area contributed by atoms with Crippen LogP contribution >= 0.6 is 39.1 Å². The summed E-state index contributed by atoms with van der Waals surface area (Å²) in [6, 6.07) is 14.9. The molecule has 5 nitrogen and oxygen atoms in total. The summed E-state index contributed by atoms with van der Waals surface area (Å²) in [5.74, 6) is 0.783. The lowest BCUT2D eigenvalue weighted by Gasteiger charge is -2.22. The fraction of sp³-hybridized carbons (Fsp3) is 0.250. The summed E-state index contributed by atoms with van der Waals surface area (Å²) in [6.07, 6.45) is 6.89. The van der Waals surface area contributed by atoms with Crippen LogP contribution in [0.2, 0.25) is 10.0 Å². The number of fused-ring (bicyclic) bond motifs is 1. The molecule has 4 aromatic rings. The number of ether oxygens (including phenoxy) is 1. The van der Waals surface area contributed by atoms with Gasteiger partial charge in [0, 0.05) is 10.4 Å². The normalized spacial score (nSPS) is 14.5. The molecule has 0 atom stereocenters. The lowest BCUT2D eigenvalue weighted by Crippen LogP contribution is -2.25. The summed E-state index contributed by atoms with van der Waals surface area (Å²) < 4.78 is 21.4. The van der Waals surface area contributed by atoms with Crippen LogP contribution < -0.4 is 10.3 Å². The van der Waals surface area contributed by atoms with Crippen LogP contribution in [0.15, 0.2) is 69.0 Å². The average molecular weight is 603 g/mol. The maximum Gasteiger partial charge on any atom is 0.282 e. The first-order chi connectivity index (χ1) is 17.9. The van der Waals surface area contributed by atoms with E-state index in [0.29, 0.717) is 33.6 Å². The number of halogens is 4.